The van der Waals surface area contributed by atoms with Crippen LogP contribution in [0.5, 0.6) is 11.6 Å². The van der Waals surface area contributed by atoms with Gasteiger partial charge in [-0.3, -0.25) is 9.78 Å². The lowest BCUT2D eigenvalue weighted by atomic mass is 10.2. The molecular weight excluding hydrogens is 242 g/mol. The summed E-state index contributed by atoms with van der Waals surface area (Å²) in [5.74, 6) is 0.901. The van der Waals surface area contributed by atoms with Crippen LogP contribution in [-0.2, 0) is 5.04 Å². The van der Waals surface area contributed by atoms with E-state index < -0.39 is 0 Å². The third-order valence-electron chi connectivity index (χ3n) is 2.57. The van der Waals surface area contributed by atoms with Gasteiger partial charge in [-0.15, -0.1) is 0 Å². The van der Waals surface area contributed by atoms with E-state index in [4.69, 9.17) is 14.8 Å². The lowest BCUT2D eigenvalue weighted by Crippen LogP contribution is -2.03. The normalized spacial score (nSPS) is 10.3. The minimum atomic E-state index is 0.342. The number of hydrogen-bond donors (Lipinski definition) is 0. The molecule has 0 spiro atoms. The van der Waals surface area contributed by atoms with Crippen molar-refractivity contribution >= 4 is 10.9 Å². The summed E-state index contributed by atoms with van der Waals surface area (Å²) in [7, 11) is 0. The van der Waals surface area contributed by atoms with Crippen LogP contribution in [0, 0.1) is 0 Å². The van der Waals surface area contributed by atoms with Crippen molar-refractivity contribution in [1.29, 1.82) is 0 Å². The number of rotatable bonds is 4. The molecule has 0 radical (unpaired) electrons. The molecule has 94 valence electrons. The monoisotopic (exact) mass is 253 g/mol. The number of nitrogens with zero attached hydrogens (tertiary/aromatic N) is 1. The summed E-state index contributed by atoms with van der Waals surface area (Å²) < 4.78 is 0. The summed E-state index contributed by atoms with van der Waals surface area (Å²) in [5, 5.41) is 5.73. The lowest BCUT2D eigenvalue weighted by molar-refractivity contribution is -0.412. The van der Waals surface area contributed by atoms with E-state index in [0.29, 0.717) is 11.6 Å². The molecule has 4 nitrogen and oxygen atoms in total. The van der Waals surface area contributed by atoms with Crippen LogP contribution in [0.25, 0.3) is 10.9 Å². The molecule has 0 saturated heterocycles. The van der Waals surface area contributed by atoms with Crippen LogP contribution in [0.3, 0.4) is 0 Å². The fourth-order valence-electron chi connectivity index (χ4n) is 1.66. The molecule has 2 aromatic carbocycles. The first-order valence-corrected chi connectivity index (χ1v) is 5.84. The molecule has 0 aliphatic carbocycles. The zero-order chi connectivity index (χ0) is 12.9. The van der Waals surface area contributed by atoms with Gasteiger partial charge in [0.05, 0.1) is 5.52 Å². The molecule has 19 heavy (non-hydrogen) atoms. The average Bonchev–Trinajstić information content (AvgIpc) is 2.48. The first kappa shape index (κ1) is 11.5. The summed E-state index contributed by atoms with van der Waals surface area (Å²) in [4.78, 5) is 14.2. The van der Waals surface area contributed by atoms with Crippen molar-refractivity contribution in [2.45, 2.75) is 0 Å². The maximum atomic E-state index is 4.98. The largest absolute Gasteiger partial charge is 0.299 e. The third-order valence-corrected chi connectivity index (χ3v) is 2.57. The second-order valence-corrected chi connectivity index (χ2v) is 3.89. The highest BCUT2D eigenvalue weighted by atomic mass is 17.5. The molecule has 0 amide bonds. The van der Waals surface area contributed by atoms with Gasteiger partial charge >= 0.3 is 0 Å². The second-order valence-electron chi connectivity index (χ2n) is 3.89. The maximum absolute atomic E-state index is 4.98. The van der Waals surface area contributed by atoms with Crippen molar-refractivity contribution in [2.75, 3.05) is 0 Å². The highest BCUT2D eigenvalue weighted by molar-refractivity contribution is 5.78. The molecule has 0 unspecified atom stereocenters. The second kappa shape index (κ2) is 5.37. The Balaban J connectivity index is 1.65. The number of hydrogen-bond acceptors (Lipinski definition) is 4. The van der Waals surface area contributed by atoms with Crippen molar-refractivity contribution in [3.63, 3.8) is 0 Å². The van der Waals surface area contributed by atoms with Gasteiger partial charge in [-0.05, 0) is 24.3 Å². The summed E-state index contributed by atoms with van der Waals surface area (Å²) >= 11 is 0. The standard InChI is InChI=1S/C15H11NO3/c1-2-7-13(8-3-1)17-19-18-15-11-10-12-6-4-5-9-14(12)16-15/h1-11H. The summed E-state index contributed by atoms with van der Waals surface area (Å²) in [6.07, 6.45) is 0. The van der Waals surface area contributed by atoms with Gasteiger partial charge in [0.15, 0.2) is 5.75 Å². The Hall–Kier alpha value is -2.59. The number of fused-ring (bicyclic) bond motifs is 1. The van der Waals surface area contributed by atoms with E-state index in [9.17, 15) is 0 Å². The third kappa shape index (κ3) is 2.81. The molecule has 0 N–H and O–H groups in total. The van der Waals surface area contributed by atoms with Crippen molar-refractivity contribution in [3.8, 4) is 11.6 Å². The number of benzene rings is 2. The molecule has 1 aromatic heterocycles. The van der Waals surface area contributed by atoms with E-state index >= 15 is 0 Å². The van der Waals surface area contributed by atoms with E-state index in [1.165, 1.54) is 0 Å². The van der Waals surface area contributed by atoms with Crippen molar-refractivity contribution in [3.05, 3.63) is 66.7 Å². The van der Waals surface area contributed by atoms with Crippen LogP contribution < -0.4 is 9.78 Å². The first-order chi connectivity index (χ1) is 9.42. The van der Waals surface area contributed by atoms with Crippen LogP contribution in [0.15, 0.2) is 66.7 Å². The zero-order valence-electron chi connectivity index (χ0n) is 10.0. The Bertz CT molecular complexity index is 670. The van der Waals surface area contributed by atoms with Crippen LogP contribution >= 0.6 is 0 Å². The molecule has 4 heteroatoms. The number of aromatic nitrogens is 1. The van der Waals surface area contributed by atoms with Crippen LogP contribution in [0.4, 0.5) is 0 Å². The van der Waals surface area contributed by atoms with E-state index in [0.717, 1.165) is 10.9 Å². The highest BCUT2D eigenvalue weighted by Crippen LogP contribution is 2.16. The van der Waals surface area contributed by atoms with Gasteiger partial charge in [-0.25, -0.2) is 4.98 Å². The van der Waals surface area contributed by atoms with Crippen LogP contribution in [-0.4, -0.2) is 4.98 Å². The van der Waals surface area contributed by atoms with Gasteiger partial charge in [0.1, 0.15) is 0 Å². The number of para-hydroxylation sites is 2. The molecule has 0 atom stereocenters. The Kier molecular flexibility index (Phi) is 3.25. The Morgan fingerprint density at radius 2 is 1.47 bits per heavy atom. The van der Waals surface area contributed by atoms with Crippen molar-refractivity contribution < 1.29 is 14.8 Å². The predicted octanol–water partition coefficient (Wildman–Crippen LogP) is 3.54. The lowest BCUT2D eigenvalue weighted by Gasteiger charge is -2.04. The van der Waals surface area contributed by atoms with Crippen LogP contribution in [0.1, 0.15) is 0 Å². The molecule has 0 fully saturated rings. The molecule has 0 aliphatic heterocycles. The minimum absolute atomic E-state index is 0.342. The van der Waals surface area contributed by atoms with Crippen molar-refractivity contribution in [1.82, 2.24) is 4.98 Å². The Labute approximate surface area is 110 Å². The van der Waals surface area contributed by atoms with Crippen LogP contribution in [0.2, 0.25) is 0 Å². The molecule has 0 aliphatic rings. The number of pyridine rings is 1. The topological polar surface area (TPSA) is 40.6 Å². The fraction of sp³-hybridized carbons (Fsp3) is 0. The Morgan fingerprint density at radius 3 is 2.37 bits per heavy atom. The molecule has 3 rings (SSSR count). The van der Waals surface area contributed by atoms with E-state index in [1.54, 1.807) is 18.2 Å². The highest BCUT2D eigenvalue weighted by Gasteiger charge is 2.00. The molecular formula is C15H11NO3. The molecule has 1 heterocycles. The van der Waals surface area contributed by atoms with Gasteiger partial charge in [-0.2, -0.15) is 0 Å². The van der Waals surface area contributed by atoms with Gasteiger partial charge < -0.3 is 0 Å². The molecule has 3 aromatic rings. The summed E-state index contributed by atoms with van der Waals surface area (Å²) in [6.45, 7) is 0. The molecule has 0 saturated carbocycles. The van der Waals surface area contributed by atoms with Gasteiger partial charge in [-0.1, -0.05) is 36.4 Å². The van der Waals surface area contributed by atoms with Crippen molar-refractivity contribution in [2.24, 2.45) is 0 Å². The van der Waals surface area contributed by atoms with E-state index in [2.05, 4.69) is 4.98 Å². The minimum Gasteiger partial charge on any atom is -0.299 e. The SMILES string of the molecule is c1ccc(OOOc2ccc3ccccc3n2)cc1. The fourth-order valence-corrected chi connectivity index (χ4v) is 1.66. The zero-order valence-corrected chi connectivity index (χ0v) is 10.0. The quantitative estimate of drug-likeness (QED) is 0.526. The smallest absolute Gasteiger partial charge is 0.261 e. The van der Waals surface area contributed by atoms with E-state index in [1.807, 2.05) is 48.5 Å². The first-order valence-electron chi connectivity index (χ1n) is 5.84. The summed E-state index contributed by atoms with van der Waals surface area (Å²) in [6, 6.07) is 20.5. The summed E-state index contributed by atoms with van der Waals surface area (Å²) in [5.41, 5.74) is 0.836. The van der Waals surface area contributed by atoms with Gasteiger partial charge in [0, 0.05) is 16.5 Å². The van der Waals surface area contributed by atoms with Gasteiger partial charge in [0.2, 0.25) is 0 Å². The predicted molar refractivity (Wildman–Crippen MR) is 70.5 cm³/mol. The maximum Gasteiger partial charge on any atom is 0.261 e. The average molecular weight is 253 g/mol. The van der Waals surface area contributed by atoms with Gasteiger partial charge in [0.25, 0.3) is 5.88 Å². The molecule has 0 bridgehead atoms. The Morgan fingerprint density at radius 1 is 0.684 bits per heavy atom. The van der Waals surface area contributed by atoms with E-state index in [-0.39, 0.29) is 0 Å².